The van der Waals surface area contributed by atoms with Crippen LogP contribution in [0.3, 0.4) is 0 Å². The second-order valence-electron chi connectivity index (χ2n) is 7.71. The van der Waals surface area contributed by atoms with Gasteiger partial charge in [-0.25, -0.2) is 0 Å². The van der Waals surface area contributed by atoms with Crippen LogP contribution in [0.2, 0.25) is 0 Å². The molecule has 0 aromatic heterocycles. The molecule has 0 spiro atoms. The van der Waals surface area contributed by atoms with Crippen molar-refractivity contribution in [2.45, 2.75) is 32.6 Å². The molecule has 2 nitrogen and oxygen atoms in total. The van der Waals surface area contributed by atoms with E-state index in [1.807, 2.05) is 0 Å². The first-order valence-electron chi connectivity index (χ1n) is 7.58. The smallest absolute Gasteiger partial charge is 0.00203 e. The Morgan fingerprint density at radius 2 is 1.88 bits per heavy atom. The summed E-state index contributed by atoms with van der Waals surface area (Å²) in [6.45, 7) is 4.31. The Morgan fingerprint density at radius 3 is 2.59 bits per heavy atom. The molecule has 96 valence electrons. The maximum atomic E-state index is 6.07. The van der Waals surface area contributed by atoms with E-state index in [1.165, 1.54) is 25.7 Å². The highest BCUT2D eigenvalue weighted by molar-refractivity contribution is 5.15. The largest absolute Gasteiger partial charge is 0.330 e. The molecule has 4 bridgehead atoms. The molecule has 4 saturated carbocycles. The molecule has 0 amide bonds. The molecule has 4 rings (SSSR count). The summed E-state index contributed by atoms with van der Waals surface area (Å²) in [6, 6.07) is 0. The van der Waals surface area contributed by atoms with Crippen molar-refractivity contribution < 1.29 is 0 Å². The Kier molecular flexibility index (Phi) is 2.08. The van der Waals surface area contributed by atoms with Crippen LogP contribution in [-0.2, 0) is 0 Å². The lowest BCUT2D eigenvalue weighted by Crippen LogP contribution is -2.44. The lowest BCUT2D eigenvalue weighted by molar-refractivity contribution is 0.0338. The summed E-state index contributed by atoms with van der Waals surface area (Å²) < 4.78 is 0. The van der Waals surface area contributed by atoms with Gasteiger partial charge >= 0.3 is 0 Å². The first-order valence-corrected chi connectivity index (χ1v) is 7.58. The predicted molar refractivity (Wildman–Crippen MR) is 69.1 cm³/mol. The van der Waals surface area contributed by atoms with E-state index in [4.69, 9.17) is 11.5 Å². The van der Waals surface area contributed by atoms with Crippen molar-refractivity contribution in [1.82, 2.24) is 0 Å². The SMILES string of the molecule is CC1(CN)CC2CC1C1C3CC(CN)C(C3)C21. The summed E-state index contributed by atoms with van der Waals surface area (Å²) in [4.78, 5) is 0. The Morgan fingerprint density at radius 1 is 1.06 bits per heavy atom. The van der Waals surface area contributed by atoms with Crippen LogP contribution in [-0.4, -0.2) is 13.1 Å². The summed E-state index contributed by atoms with van der Waals surface area (Å²) in [5.41, 5.74) is 12.5. The number of hydrogen-bond donors (Lipinski definition) is 2. The number of hydrogen-bond acceptors (Lipinski definition) is 2. The maximum absolute atomic E-state index is 6.07. The third kappa shape index (κ3) is 1.14. The Balaban J connectivity index is 1.65. The van der Waals surface area contributed by atoms with Gasteiger partial charge in [-0.1, -0.05) is 6.92 Å². The molecule has 0 aliphatic heterocycles. The summed E-state index contributed by atoms with van der Waals surface area (Å²) in [5, 5.41) is 0. The van der Waals surface area contributed by atoms with Crippen LogP contribution in [0.25, 0.3) is 0 Å². The van der Waals surface area contributed by atoms with Crippen LogP contribution >= 0.6 is 0 Å². The van der Waals surface area contributed by atoms with Gasteiger partial charge in [0.2, 0.25) is 0 Å². The van der Waals surface area contributed by atoms with Gasteiger partial charge in [0.15, 0.2) is 0 Å². The van der Waals surface area contributed by atoms with Crippen LogP contribution in [0.1, 0.15) is 32.6 Å². The van der Waals surface area contributed by atoms with Gasteiger partial charge in [-0.05, 0) is 85.6 Å². The molecular formula is C15H26N2. The normalized spacial score (nSPS) is 63.4. The minimum atomic E-state index is 0.481. The average molecular weight is 234 g/mol. The van der Waals surface area contributed by atoms with Gasteiger partial charge in [0, 0.05) is 0 Å². The van der Waals surface area contributed by atoms with Gasteiger partial charge in [-0.15, -0.1) is 0 Å². The Labute approximate surface area is 105 Å². The van der Waals surface area contributed by atoms with Gasteiger partial charge in [0.1, 0.15) is 0 Å². The highest BCUT2D eigenvalue weighted by Crippen LogP contribution is 2.72. The van der Waals surface area contributed by atoms with E-state index < -0.39 is 0 Å². The third-order valence-electron chi connectivity index (χ3n) is 7.23. The van der Waals surface area contributed by atoms with E-state index in [0.29, 0.717) is 5.41 Å². The quantitative estimate of drug-likeness (QED) is 0.716. The van der Waals surface area contributed by atoms with Gasteiger partial charge in [0.05, 0.1) is 0 Å². The van der Waals surface area contributed by atoms with E-state index in [-0.39, 0.29) is 0 Å². The highest BCUT2D eigenvalue weighted by Gasteiger charge is 2.66. The zero-order valence-corrected chi connectivity index (χ0v) is 10.9. The molecule has 2 heteroatoms. The second kappa shape index (κ2) is 3.27. The van der Waals surface area contributed by atoms with Crippen molar-refractivity contribution in [2.24, 2.45) is 58.3 Å². The van der Waals surface area contributed by atoms with Crippen LogP contribution in [0, 0.1) is 46.8 Å². The lowest BCUT2D eigenvalue weighted by atomic mass is 9.60. The summed E-state index contributed by atoms with van der Waals surface area (Å²) >= 11 is 0. The second-order valence-corrected chi connectivity index (χ2v) is 7.71. The molecule has 4 fully saturated rings. The predicted octanol–water partition coefficient (Wildman–Crippen LogP) is 1.84. The maximum Gasteiger partial charge on any atom is -0.00203 e. The molecule has 8 unspecified atom stereocenters. The molecule has 0 saturated heterocycles. The monoisotopic (exact) mass is 234 g/mol. The fourth-order valence-electron chi connectivity index (χ4n) is 6.71. The molecule has 4 aliphatic rings. The molecule has 0 radical (unpaired) electrons. The van der Waals surface area contributed by atoms with Crippen molar-refractivity contribution in [3.8, 4) is 0 Å². The van der Waals surface area contributed by atoms with Gasteiger partial charge < -0.3 is 11.5 Å². The summed E-state index contributed by atoms with van der Waals surface area (Å²) in [5.74, 6) is 6.91. The minimum Gasteiger partial charge on any atom is -0.330 e. The lowest BCUT2D eigenvalue weighted by Gasteiger charge is -2.46. The van der Waals surface area contributed by atoms with Crippen molar-refractivity contribution in [1.29, 1.82) is 0 Å². The molecular weight excluding hydrogens is 208 g/mol. The first kappa shape index (κ1) is 10.8. The van der Waals surface area contributed by atoms with Crippen LogP contribution in [0.5, 0.6) is 0 Å². The molecule has 17 heavy (non-hydrogen) atoms. The van der Waals surface area contributed by atoms with Gasteiger partial charge in [-0.2, -0.15) is 0 Å². The van der Waals surface area contributed by atoms with Crippen molar-refractivity contribution in [3.05, 3.63) is 0 Å². The van der Waals surface area contributed by atoms with Crippen molar-refractivity contribution >= 4 is 0 Å². The van der Waals surface area contributed by atoms with E-state index in [0.717, 1.165) is 54.5 Å². The first-order chi connectivity index (χ1) is 8.18. The number of rotatable bonds is 2. The fraction of sp³-hybridized carbons (Fsp3) is 1.00. The highest BCUT2D eigenvalue weighted by atomic mass is 14.8. The van der Waals surface area contributed by atoms with Gasteiger partial charge in [-0.3, -0.25) is 0 Å². The summed E-state index contributed by atoms with van der Waals surface area (Å²) in [6.07, 6.45) is 5.85. The van der Waals surface area contributed by atoms with Gasteiger partial charge in [0.25, 0.3) is 0 Å². The van der Waals surface area contributed by atoms with E-state index >= 15 is 0 Å². The number of nitrogens with two attached hydrogens (primary N) is 2. The van der Waals surface area contributed by atoms with Crippen molar-refractivity contribution in [2.75, 3.05) is 13.1 Å². The molecule has 4 aliphatic carbocycles. The van der Waals surface area contributed by atoms with E-state index in [9.17, 15) is 0 Å². The standard InChI is InChI=1S/C15H26N2/c1-15(7-17)5-9-4-12(15)14-8-2-10(6-16)11(3-8)13(9)14/h8-14H,2-7,16-17H2,1H3. The third-order valence-corrected chi connectivity index (χ3v) is 7.23. The van der Waals surface area contributed by atoms with Crippen LogP contribution < -0.4 is 11.5 Å². The Hall–Kier alpha value is -0.0800. The zero-order valence-electron chi connectivity index (χ0n) is 10.9. The van der Waals surface area contributed by atoms with Crippen LogP contribution in [0.4, 0.5) is 0 Å². The molecule has 0 aromatic carbocycles. The summed E-state index contributed by atoms with van der Waals surface area (Å²) in [7, 11) is 0. The molecule has 8 atom stereocenters. The zero-order chi connectivity index (χ0) is 11.8. The molecule has 0 heterocycles. The Bertz CT molecular complexity index is 342. The minimum absolute atomic E-state index is 0.481. The van der Waals surface area contributed by atoms with E-state index in [1.54, 1.807) is 0 Å². The van der Waals surface area contributed by atoms with E-state index in [2.05, 4.69) is 6.92 Å². The number of fused-ring (bicyclic) bond motifs is 9. The fourth-order valence-corrected chi connectivity index (χ4v) is 6.71. The average Bonchev–Trinajstić information content (AvgIpc) is 3.03. The van der Waals surface area contributed by atoms with Crippen LogP contribution in [0.15, 0.2) is 0 Å². The van der Waals surface area contributed by atoms with Crippen molar-refractivity contribution in [3.63, 3.8) is 0 Å². The topological polar surface area (TPSA) is 52.0 Å². The molecule has 4 N–H and O–H groups in total. The molecule has 0 aromatic rings.